The first kappa shape index (κ1) is 12.1. The monoisotopic (exact) mass is 236 g/mol. The molecule has 5 heteroatoms. The van der Waals surface area contributed by atoms with E-state index in [0.717, 1.165) is 38.4 Å². The van der Waals surface area contributed by atoms with Crippen LogP contribution >= 0.6 is 24.2 Å². The molecule has 0 atom stereocenters. The third kappa shape index (κ3) is 2.78. The number of halogens is 1. The molecule has 1 amide bonds. The number of carbonyl (C=O) groups is 1. The number of rotatable bonds is 1. The van der Waals surface area contributed by atoms with Gasteiger partial charge in [0.2, 0.25) is 5.91 Å². The summed E-state index contributed by atoms with van der Waals surface area (Å²) in [6.07, 6.45) is 1.16. The van der Waals surface area contributed by atoms with Gasteiger partial charge in [-0.1, -0.05) is 0 Å². The average molecular weight is 237 g/mol. The third-order valence-corrected chi connectivity index (χ3v) is 3.71. The summed E-state index contributed by atoms with van der Waals surface area (Å²) in [4.78, 5) is 13.9. The van der Waals surface area contributed by atoms with Crippen LogP contribution in [-0.4, -0.2) is 48.5 Å². The topological polar surface area (TPSA) is 32.3 Å². The second kappa shape index (κ2) is 5.83. The normalized spacial score (nSPS) is 23.3. The van der Waals surface area contributed by atoms with Gasteiger partial charge in [-0.25, -0.2) is 0 Å². The highest BCUT2D eigenvalue weighted by molar-refractivity contribution is 7.99. The molecule has 0 aromatic rings. The maximum atomic E-state index is 11.8. The van der Waals surface area contributed by atoms with Gasteiger partial charge in [-0.3, -0.25) is 4.79 Å². The number of amides is 1. The largest absolute Gasteiger partial charge is 0.342 e. The Bertz CT molecular complexity index is 191. The van der Waals surface area contributed by atoms with Crippen LogP contribution in [-0.2, 0) is 4.79 Å². The predicted octanol–water partition coefficient (Wildman–Crippen LogP) is 0.593. The van der Waals surface area contributed by atoms with E-state index in [1.807, 2.05) is 16.7 Å². The maximum absolute atomic E-state index is 11.8. The minimum Gasteiger partial charge on any atom is -0.342 e. The first-order valence-electron chi connectivity index (χ1n) is 4.95. The van der Waals surface area contributed by atoms with Crippen molar-refractivity contribution < 1.29 is 4.79 Å². The summed E-state index contributed by atoms with van der Waals surface area (Å²) in [7, 11) is 0. The molecule has 1 N–H and O–H groups in total. The van der Waals surface area contributed by atoms with Crippen molar-refractivity contribution in [1.29, 1.82) is 0 Å². The number of nitrogens with one attached hydrogen (secondary N) is 1. The van der Waals surface area contributed by atoms with Gasteiger partial charge in [0.1, 0.15) is 0 Å². The average Bonchev–Trinajstić information content (AvgIpc) is 2.27. The molecule has 0 unspecified atom stereocenters. The Morgan fingerprint density at radius 1 is 1.29 bits per heavy atom. The second-order valence-corrected chi connectivity index (χ2v) is 4.87. The van der Waals surface area contributed by atoms with Crippen molar-refractivity contribution in [3.05, 3.63) is 0 Å². The predicted molar refractivity (Wildman–Crippen MR) is 62.1 cm³/mol. The number of thioether (sulfide) groups is 1. The first-order chi connectivity index (χ1) is 6.38. The zero-order valence-electron chi connectivity index (χ0n) is 8.20. The Balaban J connectivity index is 0.000000980. The van der Waals surface area contributed by atoms with E-state index in [1.54, 1.807) is 0 Å². The number of hydrogen-bond acceptors (Lipinski definition) is 3. The third-order valence-electron chi connectivity index (χ3n) is 2.66. The lowest BCUT2D eigenvalue weighted by atomic mass is 10.0. The Labute approximate surface area is 95.4 Å². The fourth-order valence-corrected chi connectivity index (χ4v) is 2.57. The lowest BCUT2D eigenvalue weighted by Crippen LogP contribution is -2.52. The summed E-state index contributed by atoms with van der Waals surface area (Å²) in [5.74, 6) is 2.99. The van der Waals surface area contributed by atoms with Gasteiger partial charge in [0.15, 0.2) is 0 Å². The van der Waals surface area contributed by atoms with Crippen LogP contribution in [0.2, 0.25) is 0 Å². The van der Waals surface area contributed by atoms with Gasteiger partial charge in [-0.2, -0.15) is 11.8 Å². The Morgan fingerprint density at radius 3 is 2.71 bits per heavy atom. The molecule has 0 bridgehead atoms. The Kier molecular flexibility index (Phi) is 5.06. The molecule has 0 saturated carbocycles. The second-order valence-electron chi connectivity index (χ2n) is 3.65. The summed E-state index contributed by atoms with van der Waals surface area (Å²) in [5, 5.41) is 3.14. The molecule has 3 nitrogen and oxygen atoms in total. The fourth-order valence-electron chi connectivity index (χ4n) is 1.69. The lowest BCUT2D eigenvalue weighted by Gasteiger charge is -2.31. The maximum Gasteiger partial charge on any atom is 0.228 e. The molecule has 14 heavy (non-hydrogen) atoms. The van der Waals surface area contributed by atoms with E-state index in [0.29, 0.717) is 5.91 Å². The van der Waals surface area contributed by atoms with E-state index >= 15 is 0 Å². The first-order valence-corrected chi connectivity index (χ1v) is 6.10. The number of carbonyl (C=O) groups excluding carboxylic acids is 1. The van der Waals surface area contributed by atoms with Gasteiger partial charge in [0.05, 0.1) is 5.92 Å². The van der Waals surface area contributed by atoms with Gasteiger partial charge in [-0.05, 0) is 12.2 Å². The summed E-state index contributed by atoms with van der Waals surface area (Å²) in [6.45, 7) is 3.72. The minimum absolute atomic E-state index is 0. The summed E-state index contributed by atoms with van der Waals surface area (Å²) >= 11 is 1.96. The molecule has 2 aliphatic heterocycles. The van der Waals surface area contributed by atoms with Crippen LogP contribution in [0.4, 0.5) is 0 Å². The molecule has 0 aromatic heterocycles. The number of hydrogen-bond donors (Lipinski definition) is 1. The lowest BCUT2D eigenvalue weighted by molar-refractivity contribution is -0.136. The highest BCUT2D eigenvalue weighted by Crippen LogP contribution is 2.14. The van der Waals surface area contributed by atoms with Crippen LogP contribution in [0, 0.1) is 5.92 Å². The van der Waals surface area contributed by atoms with Gasteiger partial charge in [0.25, 0.3) is 0 Å². The molecule has 0 radical (unpaired) electrons. The van der Waals surface area contributed by atoms with Crippen molar-refractivity contribution in [3.8, 4) is 0 Å². The van der Waals surface area contributed by atoms with Gasteiger partial charge in [0, 0.05) is 31.9 Å². The van der Waals surface area contributed by atoms with Gasteiger partial charge in [-0.15, -0.1) is 12.4 Å². The van der Waals surface area contributed by atoms with Crippen molar-refractivity contribution in [2.75, 3.05) is 37.7 Å². The van der Waals surface area contributed by atoms with Crippen molar-refractivity contribution in [3.63, 3.8) is 0 Å². The van der Waals surface area contributed by atoms with Crippen LogP contribution in [0.3, 0.4) is 0 Å². The quantitative estimate of drug-likeness (QED) is 0.724. The molecule has 0 aromatic carbocycles. The molecule has 2 aliphatic rings. The van der Waals surface area contributed by atoms with Crippen molar-refractivity contribution in [1.82, 2.24) is 10.2 Å². The van der Waals surface area contributed by atoms with Gasteiger partial charge < -0.3 is 10.2 Å². The zero-order chi connectivity index (χ0) is 9.10. The van der Waals surface area contributed by atoms with Crippen LogP contribution in [0.25, 0.3) is 0 Å². The molecule has 2 rings (SSSR count). The summed E-state index contributed by atoms with van der Waals surface area (Å²) in [6, 6.07) is 0. The number of nitrogens with zero attached hydrogens (tertiary/aromatic N) is 1. The van der Waals surface area contributed by atoms with Gasteiger partial charge >= 0.3 is 0 Å². The van der Waals surface area contributed by atoms with Crippen LogP contribution in [0.5, 0.6) is 0 Å². The highest BCUT2D eigenvalue weighted by atomic mass is 35.5. The van der Waals surface area contributed by atoms with E-state index in [1.165, 1.54) is 5.75 Å². The van der Waals surface area contributed by atoms with E-state index in [-0.39, 0.29) is 18.3 Å². The standard InChI is InChI=1S/C9H16N2OS.ClH/c12-9(8-6-10-7-8)11-2-1-4-13-5-3-11;/h8,10H,1-7H2;1H. The Hall–Kier alpha value is 0.0700. The smallest absolute Gasteiger partial charge is 0.228 e. The minimum atomic E-state index is 0. The molecular weight excluding hydrogens is 220 g/mol. The van der Waals surface area contributed by atoms with Crippen LogP contribution in [0.15, 0.2) is 0 Å². The highest BCUT2D eigenvalue weighted by Gasteiger charge is 2.29. The van der Waals surface area contributed by atoms with Crippen molar-refractivity contribution >= 4 is 30.1 Å². The molecule has 2 heterocycles. The van der Waals surface area contributed by atoms with Crippen LogP contribution in [0.1, 0.15) is 6.42 Å². The van der Waals surface area contributed by atoms with E-state index in [9.17, 15) is 4.79 Å². The Morgan fingerprint density at radius 2 is 2.07 bits per heavy atom. The molecule has 2 saturated heterocycles. The van der Waals surface area contributed by atoms with Crippen molar-refractivity contribution in [2.45, 2.75) is 6.42 Å². The van der Waals surface area contributed by atoms with Crippen molar-refractivity contribution in [2.24, 2.45) is 5.92 Å². The zero-order valence-corrected chi connectivity index (χ0v) is 9.83. The molecule has 0 aliphatic carbocycles. The molecule has 0 spiro atoms. The molecule has 2 fully saturated rings. The van der Waals surface area contributed by atoms with Crippen LogP contribution < -0.4 is 5.32 Å². The fraction of sp³-hybridized carbons (Fsp3) is 0.889. The molecular formula is C9H17ClN2OS. The SMILES string of the molecule is Cl.O=C(C1CNC1)N1CCCSCC1. The van der Waals surface area contributed by atoms with E-state index < -0.39 is 0 Å². The van der Waals surface area contributed by atoms with E-state index in [4.69, 9.17) is 0 Å². The molecule has 82 valence electrons. The van der Waals surface area contributed by atoms with E-state index in [2.05, 4.69) is 5.32 Å². The summed E-state index contributed by atoms with van der Waals surface area (Å²) in [5.41, 5.74) is 0. The summed E-state index contributed by atoms with van der Waals surface area (Å²) < 4.78 is 0.